The summed E-state index contributed by atoms with van der Waals surface area (Å²) >= 11 is 3.41. The summed E-state index contributed by atoms with van der Waals surface area (Å²) in [6, 6.07) is 16.3. The Bertz CT molecular complexity index is 641. The van der Waals surface area contributed by atoms with Gasteiger partial charge in [0, 0.05) is 26.4 Å². The van der Waals surface area contributed by atoms with Crippen molar-refractivity contribution in [1.29, 1.82) is 0 Å². The van der Waals surface area contributed by atoms with E-state index in [2.05, 4.69) is 23.5 Å². The van der Waals surface area contributed by atoms with Crippen molar-refractivity contribution in [3.05, 3.63) is 65.3 Å². The van der Waals surface area contributed by atoms with Crippen molar-refractivity contribution >= 4 is 29.2 Å². The van der Waals surface area contributed by atoms with Gasteiger partial charge in [-0.15, -0.1) is 11.8 Å². The van der Waals surface area contributed by atoms with Gasteiger partial charge in [-0.3, -0.25) is 0 Å². The second kappa shape index (κ2) is 5.73. The Morgan fingerprint density at radius 1 is 1.05 bits per heavy atom. The lowest BCUT2D eigenvalue weighted by atomic mass is 10.2. The third-order valence-corrected chi connectivity index (χ3v) is 5.05. The number of nitrogens with one attached hydrogen (secondary N) is 1. The van der Waals surface area contributed by atoms with Gasteiger partial charge in [0.2, 0.25) is 0 Å². The molecule has 2 aromatic rings. The van der Waals surface area contributed by atoms with Crippen LogP contribution in [0.25, 0.3) is 0 Å². The molecule has 0 saturated heterocycles. The lowest BCUT2D eigenvalue weighted by Crippen LogP contribution is -2.18. The highest BCUT2D eigenvalue weighted by Crippen LogP contribution is 2.40. The van der Waals surface area contributed by atoms with Crippen LogP contribution in [0.15, 0.2) is 69.6 Å². The fraction of sp³-hybridized carbons (Fsp3) is 0.0667. The molecule has 0 saturated carbocycles. The molecule has 102 valence electrons. The van der Waals surface area contributed by atoms with E-state index in [4.69, 9.17) is 11.5 Å². The van der Waals surface area contributed by atoms with Crippen LogP contribution in [0.5, 0.6) is 0 Å². The van der Waals surface area contributed by atoms with E-state index in [0.717, 1.165) is 5.69 Å². The Kier molecular flexibility index (Phi) is 3.80. The average molecular weight is 301 g/mol. The Morgan fingerprint density at radius 2 is 1.85 bits per heavy atom. The highest BCUT2D eigenvalue weighted by molar-refractivity contribution is 8.02. The van der Waals surface area contributed by atoms with Crippen molar-refractivity contribution in [3.63, 3.8) is 0 Å². The van der Waals surface area contributed by atoms with Gasteiger partial charge in [-0.05, 0) is 30.3 Å². The lowest BCUT2D eigenvalue weighted by molar-refractivity contribution is 0.787. The van der Waals surface area contributed by atoms with Gasteiger partial charge in [0.05, 0.1) is 0 Å². The highest BCUT2D eigenvalue weighted by Gasteiger charge is 2.20. The molecule has 1 atom stereocenters. The van der Waals surface area contributed by atoms with E-state index in [1.165, 1.54) is 15.4 Å². The summed E-state index contributed by atoms with van der Waals surface area (Å²) in [4.78, 5) is 2.40. The zero-order valence-corrected chi connectivity index (χ0v) is 12.4. The normalized spacial score (nSPS) is 17.6. The molecule has 3 nitrogen and oxygen atoms in total. The van der Waals surface area contributed by atoms with Gasteiger partial charge in [0.25, 0.3) is 0 Å². The van der Waals surface area contributed by atoms with Gasteiger partial charge in [0.15, 0.2) is 0 Å². The van der Waals surface area contributed by atoms with E-state index in [1.54, 1.807) is 23.5 Å². The van der Waals surface area contributed by atoms with Crippen molar-refractivity contribution in [2.45, 2.75) is 15.2 Å². The van der Waals surface area contributed by atoms with Gasteiger partial charge in [-0.1, -0.05) is 30.0 Å². The predicted octanol–water partition coefficient (Wildman–Crippen LogP) is 3.51. The molecule has 1 unspecified atom stereocenters. The van der Waals surface area contributed by atoms with Crippen LogP contribution in [0.1, 0.15) is 10.9 Å². The molecule has 1 heterocycles. The molecule has 0 fully saturated rings. The predicted molar refractivity (Wildman–Crippen MR) is 87.2 cm³/mol. The Labute approximate surface area is 126 Å². The van der Waals surface area contributed by atoms with E-state index < -0.39 is 0 Å². The van der Waals surface area contributed by atoms with E-state index in [0.29, 0.717) is 5.82 Å². The summed E-state index contributed by atoms with van der Waals surface area (Å²) in [7, 11) is 0. The van der Waals surface area contributed by atoms with Gasteiger partial charge in [0.1, 0.15) is 11.2 Å². The van der Waals surface area contributed by atoms with Crippen LogP contribution in [0.4, 0.5) is 5.69 Å². The summed E-state index contributed by atoms with van der Waals surface area (Å²) in [5, 5.41) is 5.32. The molecule has 0 aliphatic carbocycles. The van der Waals surface area contributed by atoms with E-state index >= 15 is 0 Å². The number of benzene rings is 2. The van der Waals surface area contributed by atoms with Gasteiger partial charge >= 0.3 is 0 Å². The zero-order chi connectivity index (χ0) is 13.9. The fourth-order valence-corrected chi connectivity index (χ4v) is 3.94. The fourth-order valence-electron chi connectivity index (χ4n) is 1.99. The van der Waals surface area contributed by atoms with Crippen LogP contribution in [0.2, 0.25) is 0 Å². The molecule has 1 aliphatic rings. The molecule has 3 rings (SSSR count). The topological polar surface area (TPSA) is 64.1 Å². The summed E-state index contributed by atoms with van der Waals surface area (Å²) in [6.45, 7) is 0. The molecule has 2 aromatic carbocycles. The van der Waals surface area contributed by atoms with Gasteiger partial charge in [-0.25, -0.2) is 0 Å². The van der Waals surface area contributed by atoms with Crippen LogP contribution >= 0.6 is 23.5 Å². The largest absolute Gasteiger partial charge is 0.399 e. The molecular formula is C15H15N3S2. The number of nitrogen functional groups attached to an aromatic ring is 1. The minimum atomic E-state index is 0.129. The molecule has 0 aromatic heterocycles. The summed E-state index contributed by atoms with van der Waals surface area (Å²) in [5.41, 5.74) is 13.7. The summed E-state index contributed by atoms with van der Waals surface area (Å²) in [6.07, 6.45) is 0. The second-order valence-corrected chi connectivity index (χ2v) is 6.54. The number of thioether (sulfide) groups is 1. The molecule has 0 spiro atoms. The quantitative estimate of drug-likeness (QED) is 0.757. The zero-order valence-electron chi connectivity index (χ0n) is 10.7. The van der Waals surface area contributed by atoms with E-state index in [-0.39, 0.29) is 5.37 Å². The van der Waals surface area contributed by atoms with Crippen molar-refractivity contribution in [3.8, 4) is 0 Å². The summed E-state index contributed by atoms with van der Waals surface area (Å²) < 4.78 is 0. The number of nitrogens with two attached hydrogens (primary N) is 2. The number of rotatable bonds is 3. The maximum Gasteiger partial charge on any atom is 0.104 e. The second-order valence-electron chi connectivity index (χ2n) is 4.45. The third-order valence-electron chi connectivity index (χ3n) is 2.92. The van der Waals surface area contributed by atoms with E-state index in [9.17, 15) is 0 Å². The first-order valence-corrected chi connectivity index (χ1v) is 7.98. The standard InChI is InChI=1S/C15H15N3S2/c16-10-6-7-13(20-11-4-2-1-3-5-11)12(8-10)15-18-14(17)9-19-15/h1-9,15,18H,16-17H2. The minimum absolute atomic E-state index is 0.129. The molecule has 5 N–H and O–H groups in total. The third kappa shape index (κ3) is 2.89. The van der Waals surface area contributed by atoms with Crippen LogP contribution in [0, 0.1) is 0 Å². The molecule has 0 radical (unpaired) electrons. The van der Waals surface area contributed by atoms with Gasteiger partial charge in [-0.2, -0.15) is 0 Å². The van der Waals surface area contributed by atoms with Gasteiger partial charge < -0.3 is 16.8 Å². The number of hydrogen-bond acceptors (Lipinski definition) is 5. The highest BCUT2D eigenvalue weighted by atomic mass is 32.2. The maximum absolute atomic E-state index is 5.93. The van der Waals surface area contributed by atoms with Crippen LogP contribution in [0.3, 0.4) is 0 Å². The first-order chi connectivity index (χ1) is 9.72. The van der Waals surface area contributed by atoms with Crippen molar-refractivity contribution in [1.82, 2.24) is 5.32 Å². The Hall–Kier alpha value is -1.72. The van der Waals surface area contributed by atoms with Crippen LogP contribution < -0.4 is 16.8 Å². The van der Waals surface area contributed by atoms with E-state index in [1.807, 2.05) is 35.7 Å². The molecular weight excluding hydrogens is 286 g/mol. The van der Waals surface area contributed by atoms with Crippen molar-refractivity contribution < 1.29 is 0 Å². The van der Waals surface area contributed by atoms with Crippen molar-refractivity contribution in [2.24, 2.45) is 5.73 Å². The average Bonchev–Trinajstić information content (AvgIpc) is 2.88. The maximum atomic E-state index is 5.93. The monoisotopic (exact) mass is 301 g/mol. The first kappa shape index (κ1) is 13.3. The Morgan fingerprint density at radius 3 is 2.55 bits per heavy atom. The number of anilines is 1. The Balaban J connectivity index is 1.91. The molecule has 0 amide bonds. The SMILES string of the molecule is NC1=CSC(c2cc(N)ccc2Sc2ccccc2)N1. The summed E-state index contributed by atoms with van der Waals surface area (Å²) in [5.74, 6) is 0.707. The van der Waals surface area contributed by atoms with Crippen LogP contribution in [-0.4, -0.2) is 0 Å². The number of hydrogen-bond donors (Lipinski definition) is 3. The van der Waals surface area contributed by atoms with Crippen molar-refractivity contribution in [2.75, 3.05) is 5.73 Å². The first-order valence-electron chi connectivity index (χ1n) is 6.22. The van der Waals surface area contributed by atoms with Crippen LogP contribution in [-0.2, 0) is 0 Å². The molecule has 20 heavy (non-hydrogen) atoms. The molecule has 5 heteroatoms. The lowest BCUT2D eigenvalue weighted by Gasteiger charge is -2.17. The smallest absolute Gasteiger partial charge is 0.104 e. The molecule has 1 aliphatic heterocycles. The minimum Gasteiger partial charge on any atom is -0.399 e. The molecule has 0 bridgehead atoms.